The maximum Gasteiger partial charge on any atom is 0.161 e. The molecule has 6 heteroatoms. The van der Waals surface area contributed by atoms with Gasteiger partial charge in [-0.15, -0.1) is 23.7 Å². The van der Waals surface area contributed by atoms with E-state index in [-0.39, 0.29) is 18.2 Å². The predicted octanol–water partition coefficient (Wildman–Crippen LogP) is 3.40. The first-order valence-corrected chi connectivity index (χ1v) is 7.78. The van der Waals surface area contributed by atoms with E-state index in [1.165, 1.54) is 0 Å². The minimum absolute atomic E-state index is 0. The van der Waals surface area contributed by atoms with Gasteiger partial charge in [-0.3, -0.25) is 4.79 Å². The van der Waals surface area contributed by atoms with Gasteiger partial charge in [-0.2, -0.15) is 0 Å². The van der Waals surface area contributed by atoms with Crippen LogP contribution in [0, 0.1) is 6.92 Å². The fraction of sp³-hybridized carbons (Fsp3) is 0.467. The Balaban J connectivity index is 0.00000220. The molecule has 2 aromatic rings. The maximum atomic E-state index is 11.8. The highest BCUT2D eigenvalue weighted by Gasteiger charge is 2.19. The van der Waals surface area contributed by atoms with Crippen molar-refractivity contribution in [3.05, 3.63) is 27.2 Å². The van der Waals surface area contributed by atoms with Gasteiger partial charge in [0, 0.05) is 29.6 Å². The Morgan fingerprint density at radius 1 is 1.48 bits per heavy atom. The van der Waals surface area contributed by atoms with Gasteiger partial charge in [0.25, 0.3) is 0 Å². The van der Waals surface area contributed by atoms with Crippen LogP contribution in [0.2, 0.25) is 0 Å². The molecule has 0 aromatic carbocycles. The number of hydrogen-bond acceptors (Lipinski definition) is 4. The number of hydrogen-bond donors (Lipinski definition) is 2. The number of H-pyrrole nitrogens is 1. The monoisotopic (exact) mass is 327 g/mol. The third-order valence-corrected chi connectivity index (χ3v) is 4.30. The number of ketones is 1. The zero-order valence-electron chi connectivity index (χ0n) is 12.9. The number of rotatable bonds is 6. The lowest BCUT2D eigenvalue weighted by molar-refractivity contribution is 0.101. The van der Waals surface area contributed by atoms with Crippen LogP contribution in [0.15, 0.2) is 5.38 Å². The molecule has 0 fully saturated rings. The first-order valence-electron chi connectivity index (χ1n) is 6.90. The molecule has 0 saturated heterocycles. The summed E-state index contributed by atoms with van der Waals surface area (Å²) in [6, 6.07) is 0. The summed E-state index contributed by atoms with van der Waals surface area (Å²) in [6.07, 6.45) is 1.76. The van der Waals surface area contributed by atoms with E-state index in [4.69, 9.17) is 0 Å². The number of nitrogens with one attached hydrogen (secondary N) is 2. The fourth-order valence-electron chi connectivity index (χ4n) is 2.50. The zero-order chi connectivity index (χ0) is 14.7. The number of aromatic amines is 1. The molecule has 2 N–H and O–H groups in total. The predicted molar refractivity (Wildman–Crippen MR) is 90.9 cm³/mol. The number of likely N-dealkylation sites (N-methyl/N-ethyl adjacent to an activating group) is 1. The molecular formula is C15H22ClN3OS. The van der Waals surface area contributed by atoms with E-state index in [2.05, 4.69) is 27.6 Å². The largest absolute Gasteiger partial charge is 0.356 e. The lowest BCUT2D eigenvalue weighted by Crippen LogP contribution is -2.09. The summed E-state index contributed by atoms with van der Waals surface area (Å²) in [5, 5.41) is 6.32. The summed E-state index contributed by atoms with van der Waals surface area (Å²) in [5.41, 5.74) is 4.80. The molecule has 0 saturated carbocycles. The topological polar surface area (TPSA) is 57.8 Å². The van der Waals surface area contributed by atoms with Crippen LogP contribution in [0.1, 0.15) is 40.5 Å². The normalized spacial score (nSPS) is 10.5. The van der Waals surface area contributed by atoms with Crippen LogP contribution in [0.3, 0.4) is 0 Å². The van der Waals surface area contributed by atoms with E-state index >= 15 is 0 Å². The number of halogens is 1. The Bertz CT molecular complexity index is 618. The quantitative estimate of drug-likeness (QED) is 0.799. The van der Waals surface area contributed by atoms with Crippen molar-refractivity contribution in [2.24, 2.45) is 0 Å². The van der Waals surface area contributed by atoms with Crippen molar-refractivity contribution in [3.63, 3.8) is 0 Å². The highest BCUT2D eigenvalue weighted by molar-refractivity contribution is 7.09. The smallest absolute Gasteiger partial charge is 0.161 e. The average molecular weight is 328 g/mol. The minimum atomic E-state index is 0. The van der Waals surface area contributed by atoms with Crippen molar-refractivity contribution in [1.29, 1.82) is 0 Å². The van der Waals surface area contributed by atoms with Gasteiger partial charge in [0.2, 0.25) is 0 Å². The van der Waals surface area contributed by atoms with Crippen molar-refractivity contribution in [2.45, 2.75) is 33.6 Å². The Kier molecular flexibility index (Phi) is 6.58. The SMILES string of the molecule is CCc1c(-c2csc(CCNC)n2)[nH]c(C)c1C(C)=O.Cl. The summed E-state index contributed by atoms with van der Waals surface area (Å²) < 4.78 is 0. The highest BCUT2D eigenvalue weighted by atomic mass is 35.5. The number of carbonyl (C=O) groups excluding carboxylic acids is 1. The third kappa shape index (κ3) is 3.73. The summed E-state index contributed by atoms with van der Waals surface area (Å²) >= 11 is 1.67. The van der Waals surface area contributed by atoms with Gasteiger partial charge in [-0.05, 0) is 32.9 Å². The van der Waals surface area contributed by atoms with Gasteiger partial charge in [-0.25, -0.2) is 4.98 Å². The number of nitrogens with zero attached hydrogens (tertiary/aromatic N) is 1. The first kappa shape index (κ1) is 17.9. The van der Waals surface area contributed by atoms with Crippen molar-refractivity contribution in [3.8, 4) is 11.4 Å². The minimum Gasteiger partial charge on any atom is -0.356 e. The number of thiazole rings is 1. The molecule has 0 unspecified atom stereocenters. The molecule has 2 aromatic heterocycles. The second kappa shape index (κ2) is 7.73. The van der Waals surface area contributed by atoms with Gasteiger partial charge in [0.1, 0.15) is 0 Å². The van der Waals surface area contributed by atoms with Crippen LogP contribution in [-0.2, 0) is 12.8 Å². The van der Waals surface area contributed by atoms with Crippen molar-refractivity contribution >= 4 is 29.5 Å². The molecule has 0 bridgehead atoms. The van der Waals surface area contributed by atoms with Gasteiger partial charge in [0.15, 0.2) is 5.78 Å². The van der Waals surface area contributed by atoms with Gasteiger partial charge in [-0.1, -0.05) is 6.92 Å². The van der Waals surface area contributed by atoms with Crippen molar-refractivity contribution < 1.29 is 4.79 Å². The molecule has 0 amide bonds. The molecule has 21 heavy (non-hydrogen) atoms. The molecule has 0 aliphatic heterocycles. The Morgan fingerprint density at radius 3 is 2.76 bits per heavy atom. The lowest BCUT2D eigenvalue weighted by atomic mass is 10.0. The van der Waals surface area contributed by atoms with Crippen molar-refractivity contribution in [2.75, 3.05) is 13.6 Å². The molecule has 2 heterocycles. The molecule has 0 spiro atoms. The third-order valence-electron chi connectivity index (χ3n) is 3.39. The van der Waals surface area contributed by atoms with Gasteiger partial charge in [0.05, 0.1) is 16.4 Å². The maximum absolute atomic E-state index is 11.8. The first-order chi connectivity index (χ1) is 9.58. The molecule has 4 nitrogen and oxygen atoms in total. The molecule has 2 rings (SSSR count). The van der Waals surface area contributed by atoms with Gasteiger partial charge >= 0.3 is 0 Å². The lowest BCUT2D eigenvalue weighted by Gasteiger charge is -2.01. The summed E-state index contributed by atoms with van der Waals surface area (Å²) in [4.78, 5) is 19.8. The van der Waals surface area contributed by atoms with E-state index in [1.54, 1.807) is 18.3 Å². The Hall–Kier alpha value is -1.17. The molecule has 0 radical (unpaired) electrons. The van der Waals surface area contributed by atoms with Crippen LogP contribution >= 0.6 is 23.7 Å². The van der Waals surface area contributed by atoms with Gasteiger partial charge < -0.3 is 10.3 Å². The summed E-state index contributed by atoms with van der Waals surface area (Å²) in [7, 11) is 1.94. The van der Waals surface area contributed by atoms with Crippen LogP contribution < -0.4 is 5.32 Å². The summed E-state index contributed by atoms with van der Waals surface area (Å²) in [6.45, 7) is 6.58. The number of aromatic nitrogens is 2. The number of carbonyl (C=O) groups is 1. The molecule has 0 atom stereocenters. The van der Waals surface area contributed by atoms with E-state index in [0.29, 0.717) is 0 Å². The number of Topliss-reactive ketones (excluding diaryl/α,β-unsaturated/α-hetero) is 1. The fourth-order valence-corrected chi connectivity index (χ4v) is 3.29. The van der Waals surface area contributed by atoms with E-state index in [1.807, 2.05) is 14.0 Å². The zero-order valence-corrected chi connectivity index (χ0v) is 14.5. The second-order valence-electron chi connectivity index (χ2n) is 4.87. The van der Waals surface area contributed by atoms with E-state index in [9.17, 15) is 4.79 Å². The van der Waals surface area contributed by atoms with E-state index in [0.717, 1.165) is 52.6 Å². The molecule has 0 aliphatic rings. The number of aryl methyl sites for hydroxylation is 1. The highest BCUT2D eigenvalue weighted by Crippen LogP contribution is 2.30. The Morgan fingerprint density at radius 2 is 2.19 bits per heavy atom. The van der Waals surface area contributed by atoms with Crippen LogP contribution in [0.4, 0.5) is 0 Å². The van der Waals surface area contributed by atoms with Crippen molar-refractivity contribution in [1.82, 2.24) is 15.3 Å². The molecular weight excluding hydrogens is 306 g/mol. The average Bonchev–Trinajstić information content (AvgIpc) is 2.99. The molecule has 0 aliphatic carbocycles. The molecule has 116 valence electrons. The second-order valence-corrected chi connectivity index (χ2v) is 5.81. The van der Waals surface area contributed by atoms with Crippen LogP contribution in [0.25, 0.3) is 11.4 Å². The van der Waals surface area contributed by atoms with Crippen LogP contribution in [0.5, 0.6) is 0 Å². The standard InChI is InChI=1S/C15H21N3OS.ClH/c1-5-11-14(10(3)19)9(2)17-15(11)12-8-20-13(18-12)6-7-16-4;/h8,16-17H,5-7H2,1-4H3;1H. The van der Waals surface area contributed by atoms with Crippen LogP contribution in [-0.4, -0.2) is 29.3 Å². The summed E-state index contributed by atoms with van der Waals surface area (Å²) in [5.74, 6) is 0.118. The van der Waals surface area contributed by atoms with E-state index < -0.39 is 0 Å². The Labute approximate surface area is 135 Å².